The number of hydrogen-bond acceptors (Lipinski definition) is 4. The average molecular weight is 248 g/mol. The van der Waals surface area contributed by atoms with Gasteiger partial charge in [-0.25, -0.2) is 5.26 Å². The Balaban J connectivity index is 0. The first kappa shape index (κ1) is 16.0. The van der Waals surface area contributed by atoms with E-state index in [1.54, 1.807) is 0 Å². The van der Waals surface area contributed by atoms with E-state index < -0.39 is 27.5 Å². The average Bonchev–Trinajstić information content (AvgIpc) is 1.83. The van der Waals surface area contributed by atoms with Gasteiger partial charge in [-0.15, -0.1) is 0 Å². The van der Waals surface area contributed by atoms with Crippen molar-refractivity contribution in [2.24, 2.45) is 0 Å². The Morgan fingerprint density at radius 1 is 1.08 bits per heavy atom. The van der Waals surface area contributed by atoms with Gasteiger partial charge in [0.2, 0.25) is 0 Å². The molecule has 0 aromatic rings. The summed E-state index contributed by atoms with van der Waals surface area (Å²) in [6.45, 7) is 0. The van der Waals surface area contributed by atoms with Crippen LogP contribution in [0, 0.1) is 0 Å². The predicted octanol–water partition coefficient (Wildman–Crippen LogP) is -1.08. The summed E-state index contributed by atoms with van der Waals surface area (Å²) >= 11 is 0. The van der Waals surface area contributed by atoms with Crippen LogP contribution in [0.1, 0.15) is 0 Å². The molecule has 0 aliphatic rings. The van der Waals surface area contributed by atoms with E-state index in [0.29, 0.717) is 0 Å². The molecule has 72 valence electrons. The Hall–Kier alpha value is 1.52. The van der Waals surface area contributed by atoms with Crippen LogP contribution in [0.25, 0.3) is 0 Å². The molecule has 0 bridgehead atoms. The van der Waals surface area contributed by atoms with Crippen LogP contribution in [0.15, 0.2) is 0 Å². The molecule has 10 heteroatoms. The topological polar surface area (TPSA) is 124 Å². The summed E-state index contributed by atoms with van der Waals surface area (Å²) < 4.78 is 23.6. The fourth-order valence-electron chi connectivity index (χ4n) is 0.297. The number of hydrogen-bond donors (Lipinski definition) is 4. The summed E-state index contributed by atoms with van der Waals surface area (Å²) in [7, 11) is -8.51. The number of rotatable bonds is 4. The van der Waals surface area contributed by atoms with Crippen LogP contribution in [0.5, 0.6) is 0 Å². The van der Waals surface area contributed by atoms with E-state index in [1.807, 2.05) is 0 Å². The molecule has 0 saturated carbocycles. The predicted molar refractivity (Wildman–Crippen MR) is 43.9 cm³/mol. The zero-order valence-corrected chi connectivity index (χ0v) is 7.11. The quantitative estimate of drug-likeness (QED) is 0.216. The Labute approximate surface area is 98.4 Å². The van der Waals surface area contributed by atoms with E-state index >= 15 is 0 Å². The van der Waals surface area contributed by atoms with Gasteiger partial charge in [0.05, 0.1) is 12.3 Å². The first-order valence-corrected chi connectivity index (χ1v) is 6.02. The second-order valence-corrected chi connectivity index (χ2v) is 5.49. The van der Waals surface area contributed by atoms with E-state index in [1.165, 1.54) is 0 Å². The summed E-state index contributed by atoms with van der Waals surface area (Å²) in [5.74, 6) is 0. The van der Waals surface area contributed by atoms with Crippen molar-refractivity contribution >= 4 is 52.9 Å². The van der Waals surface area contributed by atoms with Gasteiger partial charge in [0.25, 0.3) is 0 Å². The summed E-state index contributed by atoms with van der Waals surface area (Å²) in [5.41, 5.74) is 0. The Kier molecular flexibility index (Phi) is 8.10. The fourth-order valence-corrected chi connectivity index (χ4v) is 2.43. The van der Waals surface area contributed by atoms with Gasteiger partial charge in [-0.05, 0) is 0 Å². The normalized spacial score (nSPS) is 16.3. The third kappa shape index (κ3) is 9.61. The maximum absolute atomic E-state index is 10.4. The van der Waals surface area contributed by atoms with E-state index in [2.05, 4.69) is 4.67 Å². The second kappa shape index (κ2) is 6.09. The first-order valence-electron chi connectivity index (χ1n) is 2.46. The standard InChI is InChI=1S/C2H8O7P2.Ca.2H/c3-9-11(7,8)2-1-10(4,5)6;;;/h3H,1-2H2,(H,7,8)(H2,4,5,6);;;. The fraction of sp³-hybridized carbons (Fsp3) is 1.00. The zero-order chi connectivity index (χ0) is 9.12. The SMILES string of the molecule is O=P(O)(O)CCP(=O)(O)OO.[CaH2]. The summed E-state index contributed by atoms with van der Waals surface area (Å²) in [5, 5.41) is 7.72. The van der Waals surface area contributed by atoms with Crippen LogP contribution in [0.2, 0.25) is 0 Å². The van der Waals surface area contributed by atoms with Gasteiger partial charge in [-0.3, -0.25) is 9.13 Å². The van der Waals surface area contributed by atoms with Crippen LogP contribution >= 0.6 is 15.2 Å². The molecule has 1 unspecified atom stereocenters. The minimum absolute atomic E-state index is 0. The van der Waals surface area contributed by atoms with Crippen molar-refractivity contribution in [1.82, 2.24) is 0 Å². The van der Waals surface area contributed by atoms with Gasteiger partial charge in [0, 0.05) is 0 Å². The summed E-state index contributed by atoms with van der Waals surface area (Å²) in [6, 6.07) is 0. The molecule has 1 atom stereocenters. The van der Waals surface area contributed by atoms with Crippen LogP contribution < -0.4 is 0 Å². The molecule has 0 spiro atoms. The molecule has 7 nitrogen and oxygen atoms in total. The van der Waals surface area contributed by atoms with Gasteiger partial charge in [-0.1, -0.05) is 0 Å². The molecule has 0 saturated heterocycles. The van der Waals surface area contributed by atoms with Crippen molar-refractivity contribution in [2.75, 3.05) is 12.3 Å². The van der Waals surface area contributed by atoms with Crippen LogP contribution in [-0.4, -0.2) is 70.0 Å². The van der Waals surface area contributed by atoms with Gasteiger partial charge in [0.1, 0.15) is 0 Å². The van der Waals surface area contributed by atoms with Crippen LogP contribution in [0.4, 0.5) is 0 Å². The van der Waals surface area contributed by atoms with Crippen molar-refractivity contribution in [3.8, 4) is 0 Å². The first-order chi connectivity index (χ1) is 4.77. The van der Waals surface area contributed by atoms with Crippen molar-refractivity contribution in [3.63, 3.8) is 0 Å². The van der Waals surface area contributed by atoms with E-state index in [-0.39, 0.29) is 37.7 Å². The monoisotopic (exact) mass is 248 g/mol. The molecule has 0 heterocycles. The molecular formula is C2H10CaO7P2. The van der Waals surface area contributed by atoms with Crippen molar-refractivity contribution < 1.29 is 33.7 Å². The van der Waals surface area contributed by atoms with Gasteiger partial charge < -0.3 is 14.7 Å². The Morgan fingerprint density at radius 3 is 1.75 bits per heavy atom. The van der Waals surface area contributed by atoms with E-state index in [9.17, 15) is 9.13 Å². The van der Waals surface area contributed by atoms with Crippen molar-refractivity contribution in [2.45, 2.75) is 0 Å². The maximum atomic E-state index is 10.4. The van der Waals surface area contributed by atoms with E-state index in [0.717, 1.165) is 0 Å². The van der Waals surface area contributed by atoms with Crippen molar-refractivity contribution in [3.05, 3.63) is 0 Å². The molecule has 12 heavy (non-hydrogen) atoms. The molecule has 0 aliphatic carbocycles. The van der Waals surface area contributed by atoms with E-state index in [4.69, 9.17) is 19.9 Å². The molecule has 0 aromatic carbocycles. The Morgan fingerprint density at radius 2 is 1.50 bits per heavy atom. The van der Waals surface area contributed by atoms with Crippen molar-refractivity contribution in [1.29, 1.82) is 0 Å². The molecule has 0 radical (unpaired) electrons. The molecule has 0 aliphatic heterocycles. The molecule has 0 fully saturated rings. The van der Waals surface area contributed by atoms with Crippen LogP contribution in [0.3, 0.4) is 0 Å². The minimum atomic E-state index is -4.30. The third-order valence-corrected chi connectivity index (χ3v) is 3.00. The Bertz CT molecular complexity index is 209. The molecular weight excluding hydrogens is 238 g/mol. The van der Waals surface area contributed by atoms with Gasteiger partial charge in [-0.2, -0.15) is 4.67 Å². The third-order valence-electron chi connectivity index (χ3n) is 0.801. The molecule has 0 amide bonds. The van der Waals surface area contributed by atoms with Gasteiger partial charge >= 0.3 is 52.9 Å². The molecule has 0 aromatic heterocycles. The van der Waals surface area contributed by atoms with Gasteiger partial charge in [0.15, 0.2) is 0 Å². The molecule has 4 N–H and O–H groups in total. The molecule has 0 rings (SSSR count). The second-order valence-electron chi connectivity index (χ2n) is 1.83. The summed E-state index contributed by atoms with van der Waals surface area (Å²) in [4.78, 5) is 24.9. The zero-order valence-electron chi connectivity index (χ0n) is 5.32. The van der Waals surface area contributed by atoms with Crippen LogP contribution in [-0.2, 0) is 13.8 Å². The summed E-state index contributed by atoms with van der Waals surface area (Å²) in [6.07, 6.45) is -1.56.